The Labute approximate surface area is 112 Å². The van der Waals surface area contributed by atoms with Crippen LogP contribution in [0.2, 0.25) is 0 Å². The third-order valence-electron chi connectivity index (χ3n) is 3.62. The van der Waals surface area contributed by atoms with Crippen LogP contribution in [0.15, 0.2) is 0 Å². The van der Waals surface area contributed by atoms with E-state index in [9.17, 15) is 4.79 Å². The van der Waals surface area contributed by atoms with Crippen LogP contribution in [0.5, 0.6) is 0 Å². The maximum absolute atomic E-state index is 11.7. The van der Waals surface area contributed by atoms with Crippen LogP contribution in [0.3, 0.4) is 0 Å². The van der Waals surface area contributed by atoms with Crippen LogP contribution < -0.4 is 5.32 Å². The molecule has 1 heterocycles. The second kappa shape index (κ2) is 9.37. The molecule has 3 heteroatoms. The number of nitrogens with one attached hydrogen (secondary N) is 1. The van der Waals surface area contributed by atoms with Gasteiger partial charge >= 0.3 is 0 Å². The number of carbonyl (C=O) groups excluding carboxylic acids is 1. The van der Waals surface area contributed by atoms with E-state index in [1.807, 2.05) is 4.90 Å². The van der Waals surface area contributed by atoms with Gasteiger partial charge in [-0.05, 0) is 31.7 Å². The van der Waals surface area contributed by atoms with Gasteiger partial charge in [0, 0.05) is 13.1 Å². The number of hydrogen-bond acceptors (Lipinski definition) is 2. The molecule has 0 aromatic carbocycles. The summed E-state index contributed by atoms with van der Waals surface area (Å²) >= 11 is 0. The Morgan fingerprint density at radius 1 is 1.11 bits per heavy atom. The Morgan fingerprint density at radius 2 is 1.78 bits per heavy atom. The van der Waals surface area contributed by atoms with Crippen molar-refractivity contribution in [2.24, 2.45) is 5.92 Å². The molecule has 18 heavy (non-hydrogen) atoms. The number of hydrogen-bond donors (Lipinski definition) is 1. The SMILES string of the molecule is CC(C)CCCCCCNCC(=O)N1CCCC1. The fourth-order valence-electron chi connectivity index (χ4n) is 2.43. The summed E-state index contributed by atoms with van der Waals surface area (Å²) in [6, 6.07) is 0. The molecule has 1 amide bonds. The van der Waals surface area contributed by atoms with Crippen LogP contribution in [0.1, 0.15) is 58.8 Å². The van der Waals surface area contributed by atoms with Gasteiger partial charge in [0.15, 0.2) is 0 Å². The van der Waals surface area contributed by atoms with Crippen LogP contribution in [0, 0.1) is 5.92 Å². The summed E-state index contributed by atoms with van der Waals surface area (Å²) in [7, 11) is 0. The molecule has 0 spiro atoms. The topological polar surface area (TPSA) is 32.3 Å². The van der Waals surface area contributed by atoms with Crippen molar-refractivity contribution in [2.75, 3.05) is 26.2 Å². The Hall–Kier alpha value is -0.570. The van der Waals surface area contributed by atoms with E-state index in [1.165, 1.54) is 44.9 Å². The summed E-state index contributed by atoms with van der Waals surface area (Å²) in [6.45, 7) is 8.02. The Kier molecular flexibility index (Phi) is 8.06. The number of nitrogens with zero attached hydrogens (tertiary/aromatic N) is 1. The molecule has 0 radical (unpaired) electrons. The van der Waals surface area contributed by atoms with E-state index in [1.54, 1.807) is 0 Å². The lowest BCUT2D eigenvalue weighted by atomic mass is 10.0. The predicted octanol–water partition coefficient (Wildman–Crippen LogP) is 2.80. The number of rotatable bonds is 9. The highest BCUT2D eigenvalue weighted by Crippen LogP contribution is 2.09. The van der Waals surface area contributed by atoms with Gasteiger partial charge in [0.05, 0.1) is 6.54 Å². The van der Waals surface area contributed by atoms with E-state index in [0.717, 1.165) is 25.6 Å². The van der Waals surface area contributed by atoms with Crippen LogP contribution in [0.25, 0.3) is 0 Å². The molecule has 1 fully saturated rings. The van der Waals surface area contributed by atoms with Crippen molar-refractivity contribution in [3.63, 3.8) is 0 Å². The number of likely N-dealkylation sites (tertiary alicyclic amines) is 1. The van der Waals surface area contributed by atoms with Gasteiger partial charge in [-0.1, -0.05) is 39.5 Å². The molecule has 0 aromatic heterocycles. The molecule has 3 nitrogen and oxygen atoms in total. The van der Waals surface area contributed by atoms with Gasteiger partial charge in [0.25, 0.3) is 0 Å². The molecule has 106 valence electrons. The number of unbranched alkanes of at least 4 members (excludes halogenated alkanes) is 3. The van der Waals surface area contributed by atoms with E-state index < -0.39 is 0 Å². The minimum absolute atomic E-state index is 0.285. The van der Waals surface area contributed by atoms with E-state index in [-0.39, 0.29) is 5.91 Å². The van der Waals surface area contributed by atoms with Gasteiger partial charge in [-0.2, -0.15) is 0 Å². The smallest absolute Gasteiger partial charge is 0.236 e. The highest BCUT2D eigenvalue weighted by molar-refractivity contribution is 5.78. The summed E-state index contributed by atoms with van der Waals surface area (Å²) < 4.78 is 0. The molecule has 0 bridgehead atoms. The normalized spacial score (nSPS) is 15.6. The Bertz CT molecular complexity index is 223. The monoisotopic (exact) mass is 254 g/mol. The van der Waals surface area contributed by atoms with Gasteiger partial charge in [-0.15, -0.1) is 0 Å². The fourth-order valence-corrected chi connectivity index (χ4v) is 2.43. The number of amides is 1. The van der Waals surface area contributed by atoms with Gasteiger partial charge in [-0.25, -0.2) is 0 Å². The summed E-state index contributed by atoms with van der Waals surface area (Å²) in [5.74, 6) is 1.12. The van der Waals surface area contributed by atoms with Gasteiger partial charge in [0.2, 0.25) is 5.91 Å². The largest absolute Gasteiger partial charge is 0.342 e. The van der Waals surface area contributed by atoms with Crippen molar-refractivity contribution in [3.05, 3.63) is 0 Å². The molecule has 0 unspecified atom stereocenters. The van der Waals surface area contributed by atoms with Crippen molar-refractivity contribution in [1.29, 1.82) is 0 Å². The zero-order valence-electron chi connectivity index (χ0n) is 12.2. The molecule has 1 N–H and O–H groups in total. The average molecular weight is 254 g/mol. The zero-order chi connectivity index (χ0) is 13.2. The Morgan fingerprint density at radius 3 is 2.44 bits per heavy atom. The summed E-state index contributed by atoms with van der Waals surface area (Å²) in [6.07, 6.45) is 8.89. The van der Waals surface area contributed by atoms with Crippen molar-refractivity contribution >= 4 is 5.91 Å². The van der Waals surface area contributed by atoms with Crippen LogP contribution in [-0.4, -0.2) is 37.0 Å². The van der Waals surface area contributed by atoms with Gasteiger partial charge in [0.1, 0.15) is 0 Å². The average Bonchev–Trinajstić information content (AvgIpc) is 2.85. The summed E-state index contributed by atoms with van der Waals surface area (Å²) in [5.41, 5.74) is 0. The first-order chi connectivity index (χ1) is 8.70. The van der Waals surface area contributed by atoms with Crippen LogP contribution in [0.4, 0.5) is 0 Å². The lowest BCUT2D eigenvalue weighted by Gasteiger charge is -2.15. The third kappa shape index (κ3) is 7.00. The molecule has 1 saturated heterocycles. The zero-order valence-corrected chi connectivity index (χ0v) is 12.2. The quantitative estimate of drug-likeness (QED) is 0.642. The molecule has 0 aromatic rings. The van der Waals surface area contributed by atoms with Gasteiger partial charge < -0.3 is 10.2 Å². The second-order valence-corrected chi connectivity index (χ2v) is 5.86. The second-order valence-electron chi connectivity index (χ2n) is 5.86. The summed E-state index contributed by atoms with van der Waals surface area (Å²) in [4.78, 5) is 13.7. The first-order valence-electron chi connectivity index (χ1n) is 7.68. The maximum atomic E-state index is 11.7. The third-order valence-corrected chi connectivity index (χ3v) is 3.62. The Balaban J connectivity index is 1.84. The lowest BCUT2D eigenvalue weighted by molar-refractivity contribution is -0.129. The van der Waals surface area contributed by atoms with E-state index in [2.05, 4.69) is 19.2 Å². The van der Waals surface area contributed by atoms with E-state index >= 15 is 0 Å². The van der Waals surface area contributed by atoms with Gasteiger partial charge in [-0.3, -0.25) is 4.79 Å². The predicted molar refractivity (Wildman–Crippen MR) is 76.6 cm³/mol. The first kappa shape index (κ1) is 15.5. The van der Waals surface area contributed by atoms with E-state index in [4.69, 9.17) is 0 Å². The van der Waals surface area contributed by atoms with Crippen molar-refractivity contribution in [1.82, 2.24) is 10.2 Å². The molecule has 1 rings (SSSR count). The lowest BCUT2D eigenvalue weighted by Crippen LogP contribution is -2.36. The molecule has 1 aliphatic heterocycles. The molecular weight excluding hydrogens is 224 g/mol. The van der Waals surface area contributed by atoms with Crippen LogP contribution >= 0.6 is 0 Å². The highest BCUT2D eigenvalue weighted by Gasteiger charge is 2.16. The van der Waals surface area contributed by atoms with Crippen LogP contribution in [-0.2, 0) is 4.79 Å². The molecule has 0 atom stereocenters. The van der Waals surface area contributed by atoms with E-state index in [0.29, 0.717) is 6.54 Å². The fraction of sp³-hybridized carbons (Fsp3) is 0.933. The molecule has 1 aliphatic rings. The first-order valence-corrected chi connectivity index (χ1v) is 7.68. The van der Waals surface area contributed by atoms with Crippen molar-refractivity contribution in [3.8, 4) is 0 Å². The van der Waals surface area contributed by atoms with Crippen molar-refractivity contribution in [2.45, 2.75) is 58.8 Å². The maximum Gasteiger partial charge on any atom is 0.236 e. The highest BCUT2D eigenvalue weighted by atomic mass is 16.2. The summed E-state index contributed by atoms with van der Waals surface area (Å²) in [5, 5.41) is 3.27. The van der Waals surface area contributed by atoms with Crippen molar-refractivity contribution < 1.29 is 4.79 Å². The standard InChI is InChI=1S/C15H30N2O/c1-14(2)9-5-3-4-6-10-16-13-15(18)17-11-7-8-12-17/h14,16H,3-13H2,1-2H3. The molecule has 0 saturated carbocycles. The molecular formula is C15H30N2O. The minimum Gasteiger partial charge on any atom is -0.342 e. The molecule has 0 aliphatic carbocycles. The number of carbonyl (C=O) groups is 1. The minimum atomic E-state index is 0.285.